The molecule has 0 atom stereocenters. The number of hydrogen-bond donors (Lipinski definition) is 2. The molecule has 26 heavy (non-hydrogen) atoms. The van der Waals surface area contributed by atoms with E-state index >= 15 is 0 Å². The van der Waals surface area contributed by atoms with Crippen LogP contribution in [-0.4, -0.2) is 19.4 Å². The van der Waals surface area contributed by atoms with Crippen molar-refractivity contribution in [1.29, 1.82) is 0 Å². The third-order valence-electron chi connectivity index (χ3n) is 3.54. The second-order valence-electron chi connectivity index (χ2n) is 5.55. The minimum Gasteiger partial charge on any atom is -0.496 e. The van der Waals surface area contributed by atoms with Crippen molar-refractivity contribution in [2.45, 2.75) is 26.4 Å². The third-order valence-corrected chi connectivity index (χ3v) is 3.54. The lowest BCUT2D eigenvalue weighted by molar-refractivity contribution is -0.274. The van der Waals surface area contributed by atoms with E-state index in [1.54, 1.807) is 7.11 Å². The lowest BCUT2D eigenvalue weighted by Gasteiger charge is -2.10. The summed E-state index contributed by atoms with van der Waals surface area (Å²) < 4.78 is 45.4. The maximum atomic E-state index is 12.1. The smallest absolute Gasteiger partial charge is 0.496 e. The van der Waals surface area contributed by atoms with Gasteiger partial charge in [0.2, 0.25) is 0 Å². The Morgan fingerprint density at radius 2 is 1.77 bits per heavy atom. The molecule has 0 saturated heterocycles. The van der Waals surface area contributed by atoms with Gasteiger partial charge in [-0.1, -0.05) is 24.3 Å². The number of guanidine groups is 1. The molecular weight excluding hydrogens is 347 g/mol. The highest BCUT2D eigenvalue weighted by molar-refractivity contribution is 5.77. The molecular formula is C18H20F3N3O2. The van der Waals surface area contributed by atoms with Crippen molar-refractivity contribution in [3.8, 4) is 11.5 Å². The van der Waals surface area contributed by atoms with Gasteiger partial charge >= 0.3 is 6.36 Å². The van der Waals surface area contributed by atoms with Crippen LogP contribution in [0.5, 0.6) is 11.5 Å². The number of nitrogens with two attached hydrogens (primary N) is 1. The van der Waals surface area contributed by atoms with Crippen molar-refractivity contribution < 1.29 is 22.6 Å². The number of aliphatic imine (C=N–C) groups is 1. The third kappa shape index (κ3) is 6.19. The van der Waals surface area contributed by atoms with E-state index in [0.29, 0.717) is 13.1 Å². The molecule has 0 spiro atoms. The summed E-state index contributed by atoms with van der Waals surface area (Å²) in [7, 11) is 1.61. The van der Waals surface area contributed by atoms with Gasteiger partial charge in [-0.05, 0) is 41.8 Å². The van der Waals surface area contributed by atoms with Crippen LogP contribution >= 0.6 is 0 Å². The lowest BCUT2D eigenvalue weighted by atomic mass is 10.1. The normalized spacial score (nSPS) is 12.0. The summed E-state index contributed by atoms with van der Waals surface area (Å²) in [5.41, 5.74) is 8.54. The van der Waals surface area contributed by atoms with Crippen molar-refractivity contribution in [1.82, 2.24) is 5.32 Å². The first-order chi connectivity index (χ1) is 12.3. The summed E-state index contributed by atoms with van der Waals surface area (Å²) in [4.78, 5) is 4.23. The summed E-state index contributed by atoms with van der Waals surface area (Å²) in [6, 6.07) is 11.3. The number of rotatable bonds is 6. The monoisotopic (exact) mass is 367 g/mol. The fourth-order valence-electron chi connectivity index (χ4n) is 2.20. The van der Waals surface area contributed by atoms with Crippen LogP contribution in [0.3, 0.4) is 0 Å². The summed E-state index contributed by atoms with van der Waals surface area (Å²) in [6.45, 7) is 2.67. The maximum absolute atomic E-state index is 12.1. The average molecular weight is 367 g/mol. The molecule has 0 bridgehead atoms. The van der Waals surface area contributed by atoms with E-state index in [2.05, 4.69) is 15.0 Å². The highest BCUT2D eigenvalue weighted by Gasteiger charge is 2.30. The van der Waals surface area contributed by atoms with Crippen molar-refractivity contribution in [2.24, 2.45) is 10.7 Å². The first kappa shape index (κ1) is 19.4. The largest absolute Gasteiger partial charge is 0.573 e. The van der Waals surface area contributed by atoms with Gasteiger partial charge < -0.3 is 20.5 Å². The standard InChI is InChI=1S/C18H20F3N3O2/c1-12-3-4-14(9-16(12)25-2)11-24-17(22)23-10-13-5-7-15(8-6-13)26-18(19,20)21/h3-9H,10-11H2,1-2H3,(H3,22,23,24). The summed E-state index contributed by atoms with van der Waals surface area (Å²) >= 11 is 0. The Hall–Kier alpha value is -2.90. The zero-order valence-electron chi connectivity index (χ0n) is 14.4. The molecule has 5 nitrogen and oxygen atoms in total. The van der Waals surface area contributed by atoms with Crippen LogP contribution in [0, 0.1) is 6.92 Å². The Bertz CT molecular complexity index is 759. The first-order valence-electron chi connectivity index (χ1n) is 7.79. The van der Waals surface area contributed by atoms with E-state index in [0.717, 1.165) is 22.4 Å². The molecule has 0 saturated carbocycles. The molecule has 2 aromatic rings. The molecule has 0 aromatic heterocycles. The number of hydrogen-bond acceptors (Lipinski definition) is 3. The van der Waals surface area contributed by atoms with E-state index < -0.39 is 6.36 Å². The van der Waals surface area contributed by atoms with Crippen LogP contribution in [0.1, 0.15) is 16.7 Å². The molecule has 140 valence electrons. The molecule has 2 aromatic carbocycles. The zero-order chi connectivity index (χ0) is 19.2. The average Bonchev–Trinajstić information content (AvgIpc) is 2.59. The second kappa shape index (κ2) is 8.46. The summed E-state index contributed by atoms with van der Waals surface area (Å²) in [5.74, 6) is 0.752. The fraction of sp³-hybridized carbons (Fsp3) is 0.278. The molecule has 0 unspecified atom stereocenters. The van der Waals surface area contributed by atoms with Gasteiger partial charge in [0.25, 0.3) is 0 Å². The van der Waals surface area contributed by atoms with Crippen LogP contribution in [-0.2, 0) is 13.1 Å². The molecule has 0 heterocycles. The van der Waals surface area contributed by atoms with Crippen LogP contribution in [0.4, 0.5) is 13.2 Å². The Morgan fingerprint density at radius 1 is 1.12 bits per heavy atom. The van der Waals surface area contributed by atoms with Gasteiger partial charge in [-0.15, -0.1) is 13.2 Å². The molecule has 0 aliphatic carbocycles. The maximum Gasteiger partial charge on any atom is 0.573 e. The van der Waals surface area contributed by atoms with Crippen LogP contribution in [0.15, 0.2) is 47.5 Å². The Labute approximate surface area is 149 Å². The van der Waals surface area contributed by atoms with Gasteiger partial charge in [0.05, 0.1) is 13.7 Å². The number of nitrogens with one attached hydrogen (secondary N) is 1. The summed E-state index contributed by atoms with van der Waals surface area (Å²) in [6.07, 6.45) is -4.70. The van der Waals surface area contributed by atoms with Crippen LogP contribution in [0.25, 0.3) is 0 Å². The predicted molar refractivity (Wildman–Crippen MR) is 93.0 cm³/mol. The van der Waals surface area contributed by atoms with Gasteiger partial charge in [-0.3, -0.25) is 0 Å². The minimum absolute atomic E-state index is 0.236. The number of nitrogens with zero attached hydrogens (tertiary/aromatic N) is 1. The molecule has 0 amide bonds. The minimum atomic E-state index is -4.70. The molecule has 0 aliphatic heterocycles. The van der Waals surface area contributed by atoms with Crippen molar-refractivity contribution in [3.63, 3.8) is 0 Å². The molecule has 3 N–H and O–H groups in total. The number of ether oxygens (including phenoxy) is 2. The number of methoxy groups -OCH3 is 1. The van der Waals surface area contributed by atoms with Gasteiger partial charge in [0, 0.05) is 6.54 Å². The second-order valence-corrected chi connectivity index (χ2v) is 5.55. The molecule has 2 rings (SSSR count). The topological polar surface area (TPSA) is 68.9 Å². The molecule has 0 radical (unpaired) electrons. The van der Waals surface area contributed by atoms with E-state index in [9.17, 15) is 13.2 Å². The highest BCUT2D eigenvalue weighted by atomic mass is 19.4. The zero-order valence-corrected chi connectivity index (χ0v) is 14.4. The number of aryl methyl sites for hydroxylation is 1. The quantitative estimate of drug-likeness (QED) is 0.606. The fourth-order valence-corrected chi connectivity index (χ4v) is 2.20. The number of benzene rings is 2. The molecule has 0 aliphatic rings. The van der Waals surface area contributed by atoms with Crippen molar-refractivity contribution in [3.05, 3.63) is 59.2 Å². The van der Waals surface area contributed by atoms with Gasteiger partial charge in [0.15, 0.2) is 5.96 Å². The molecule has 8 heteroatoms. The van der Waals surface area contributed by atoms with E-state index in [1.165, 1.54) is 24.3 Å². The van der Waals surface area contributed by atoms with Gasteiger partial charge in [-0.25, -0.2) is 4.99 Å². The number of halogens is 3. The first-order valence-corrected chi connectivity index (χ1v) is 7.79. The SMILES string of the molecule is COc1cc(CN=C(N)NCc2ccc(OC(F)(F)F)cc2)ccc1C. The van der Waals surface area contributed by atoms with Crippen molar-refractivity contribution in [2.75, 3.05) is 7.11 Å². The van der Waals surface area contributed by atoms with Gasteiger partial charge in [0.1, 0.15) is 11.5 Å². The lowest BCUT2D eigenvalue weighted by Crippen LogP contribution is -2.31. The van der Waals surface area contributed by atoms with Crippen LogP contribution < -0.4 is 20.5 Å². The van der Waals surface area contributed by atoms with E-state index in [1.807, 2.05) is 25.1 Å². The Kier molecular flexibility index (Phi) is 6.32. The van der Waals surface area contributed by atoms with E-state index in [-0.39, 0.29) is 11.7 Å². The predicted octanol–water partition coefficient (Wildman–Crippen LogP) is 3.51. The number of alkyl halides is 3. The summed E-state index contributed by atoms with van der Waals surface area (Å²) in [5, 5.41) is 2.91. The Balaban J connectivity index is 1.87. The Morgan fingerprint density at radius 3 is 2.38 bits per heavy atom. The van der Waals surface area contributed by atoms with Gasteiger partial charge in [-0.2, -0.15) is 0 Å². The van der Waals surface area contributed by atoms with Crippen molar-refractivity contribution >= 4 is 5.96 Å². The molecule has 0 fully saturated rings. The van der Waals surface area contributed by atoms with Crippen LogP contribution in [0.2, 0.25) is 0 Å². The highest BCUT2D eigenvalue weighted by Crippen LogP contribution is 2.22. The van der Waals surface area contributed by atoms with E-state index in [4.69, 9.17) is 10.5 Å².